The highest BCUT2D eigenvalue weighted by atomic mass is 16.5. The van der Waals surface area contributed by atoms with Crippen LogP contribution in [0.5, 0.6) is 5.75 Å². The number of nitrogens with two attached hydrogens (primary N) is 1. The summed E-state index contributed by atoms with van der Waals surface area (Å²) < 4.78 is 5.18. The van der Waals surface area contributed by atoms with Gasteiger partial charge in [-0.15, -0.1) is 0 Å². The molecule has 5 N–H and O–H groups in total. The van der Waals surface area contributed by atoms with E-state index in [1.54, 1.807) is 25.3 Å². The number of rotatable bonds is 7. The molecule has 3 rings (SSSR count). The van der Waals surface area contributed by atoms with Gasteiger partial charge < -0.3 is 21.2 Å². The number of hydrogen-bond donors (Lipinski definition) is 4. The van der Waals surface area contributed by atoms with Crippen molar-refractivity contribution in [3.63, 3.8) is 0 Å². The molecule has 130 valence electrons. The molecule has 0 radical (unpaired) electrons. The van der Waals surface area contributed by atoms with E-state index >= 15 is 0 Å². The number of hydrogen-bond acceptors (Lipinski definition) is 5. The first-order valence-corrected chi connectivity index (χ1v) is 8.21. The maximum Gasteiger partial charge on any atom is 0.246 e. The summed E-state index contributed by atoms with van der Waals surface area (Å²) in [6.45, 7) is 0. The first-order chi connectivity index (χ1) is 12.1. The van der Waals surface area contributed by atoms with Crippen molar-refractivity contribution in [1.29, 1.82) is 5.41 Å². The lowest BCUT2D eigenvalue weighted by Gasteiger charge is -2.19. The van der Waals surface area contributed by atoms with E-state index in [1.165, 1.54) is 6.21 Å². The van der Waals surface area contributed by atoms with E-state index in [4.69, 9.17) is 15.9 Å². The SMILES string of the molecule is COc1ccc(C(NC2CC2)C(=O)Nc2ccc(N)c(C=N)c2)cc1. The molecule has 0 spiro atoms. The third kappa shape index (κ3) is 4.16. The van der Waals surface area contributed by atoms with E-state index in [0.717, 1.165) is 24.2 Å². The smallest absolute Gasteiger partial charge is 0.246 e. The first-order valence-electron chi connectivity index (χ1n) is 8.21. The maximum absolute atomic E-state index is 12.8. The summed E-state index contributed by atoms with van der Waals surface area (Å²) in [4.78, 5) is 12.8. The van der Waals surface area contributed by atoms with Crippen LogP contribution in [0.15, 0.2) is 42.5 Å². The van der Waals surface area contributed by atoms with Crippen LogP contribution in [0.2, 0.25) is 0 Å². The lowest BCUT2D eigenvalue weighted by molar-refractivity contribution is -0.118. The topological polar surface area (TPSA) is 100 Å². The molecular formula is C19H22N4O2. The molecule has 6 heteroatoms. The molecule has 1 saturated carbocycles. The standard InChI is InChI=1S/C19H22N4O2/c1-25-16-7-2-12(3-8-16)18(22-14-4-5-14)19(24)23-15-6-9-17(21)13(10-15)11-20/h2-3,6-11,14,18,20,22H,4-5,21H2,1H3,(H,23,24). The van der Waals surface area contributed by atoms with Crippen LogP contribution in [-0.2, 0) is 4.79 Å². The molecule has 25 heavy (non-hydrogen) atoms. The summed E-state index contributed by atoms with van der Waals surface area (Å²) in [5.41, 5.74) is 8.38. The number of carbonyl (C=O) groups is 1. The Morgan fingerprint density at radius 2 is 2.00 bits per heavy atom. The zero-order chi connectivity index (χ0) is 17.8. The van der Waals surface area contributed by atoms with Gasteiger partial charge in [-0.25, -0.2) is 0 Å². The van der Waals surface area contributed by atoms with Crippen molar-refractivity contribution in [2.75, 3.05) is 18.2 Å². The number of anilines is 2. The average Bonchev–Trinajstić information content (AvgIpc) is 3.45. The summed E-state index contributed by atoms with van der Waals surface area (Å²) >= 11 is 0. The number of nitrogen functional groups attached to an aromatic ring is 1. The Hall–Kier alpha value is -2.86. The van der Waals surface area contributed by atoms with Crippen LogP contribution in [0, 0.1) is 5.41 Å². The predicted molar refractivity (Wildman–Crippen MR) is 99.3 cm³/mol. The van der Waals surface area contributed by atoms with Crippen LogP contribution in [0.1, 0.15) is 30.0 Å². The molecular weight excluding hydrogens is 316 g/mol. The number of amides is 1. The van der Waals surface area contributed by atoms with Crippen LogP contribution in [0.4, 0.5) is 11.4 Å². The number of carbonyl (C=O) groups excluding carboxylic acids is 1. The van der Waals surface area contributed by atoms with Crippen molar-refractivity contribution in [2.24, 2.45) is 0 Å². The normalized spacial score (nSPS) is 14.6. The van der Waals surface area contributed by atoms with Crippen molar-refractivity contribution in [1.82, 2.24) is 5.32 Å². The summed E-state index contributed by atoms with van der Waals surface area (Å²) in [6.07, 6.45) is 3.34. The largest absolute Gasteiger partial charge is 0.497 e. The van der Waals surface area contributed by atoms with E-state index in [0.29, 0.717) is 23.0 Å². The number of nitrogens with one attached hydrogen (secondary N) is 3. The molecule has 1 amide bonds. The first kappa shape index (κ1) is 17.0. The van der Waals surface area contributed by atoms with Crippen molar-refractivity contribution in [2.45, 2.75) is 24.9 Å². The van der Waals surface area contributed by atoms with Crippen molar-refractivity contribution < 1.29 is 9.53 Å². The highest BCUT2D eigenvalue weighted by molar-refractivity contribution is 5.97. The predicted octanol–water partition coefficient (Wildman–Crippen LogP) is 2.71. The number of benzene rings is 2. The third-order valence-electron chi connectivity index (χ3n) is 4.20. The van der Waals surface area contributed by atoms with Gasteiger partial charge in [0, 0.05) is 29.2 Å². The maximum atomic E-state index is 12.8. The van der Waals surface area contributed by atoms with Gasteiger partial charge in [0.2, 0.25) is 5.91 Å². The van der Waals surface area contributed by atoms with E-state index < -0.39 is 6.04 Å². The molecule has 2 aromatic rings. The molecule has 0 saturated heterocycles. The minimum absolute atomic E-state index is 0.141. The Balaban J connectivity index is 1.79. The quantitative estimate of drug-likeness (QED) is 0.461. The van der Waals surface area contributed by atoms with E-state index in [2.05, 4.69) is 10.6 Å². The highest BCUT2D eigenvalue weighted by Crippen LogP contribution is 2.27. The van der Waals surface area contributed by atoms with Crippen LogP contribution in [0.25, 0.3) is 0 Å². The van der Waals surface area contributed by atoms with Crippen molar-refractivity contribution in [3.05, 3.63) is 53.6 Å². The average molecular weight is 338 g/mol. The molecule has 1 fully saturated rings. The fourth-order valence-electron chi connectivity index (χ4n) is 2.60. The van der Waals surface area contributed by atoms with Crippen LogP contribution < -0.4 is 21.1 Å². The lowest BCUT2D eigenvalue weighted by Crippen LogP contribution is -2.34. The molecule has 6 nitrogen and oxygen atoms in total. The summed E-state index contributed by atoms with van der Waals surface area (Å²) in [6, 6.07) is 12.5. The molecule has 1 atom stereocenters. The molecule has 0 heterocycles. The Kier molecular flexibility index (Phi) is 5.00. The molecule has 1 aliphatic rings. The number of ether oxygens (including phenoxy) is 1. The Bertz CT molecular complexity index is 769. The van der Waals surface area contributed by atoms with Gasteiger partial charge >= 0.3 is 0 Å². The van der Waals surface area contributed by atoms with E-state index in [9.17, 15) is 4.79 Å². The van der Waals surface area contributed by atoms with Gasteiger partial charge in [-0.05, 0) is 48.7 Å². The van der Waals surface area contributed by atoms with Crippen LogP contribution in [0.3, 0.4) is 0 Å². The molecule has 0 aromatic heterocycles. The zero-order valence-electron chi connectivity index (χ0n) is 14.1. The van der Waals surface area contributed by atoms with Crippen molar-refractivity contribution >= 4 is 23.5 Å². The minimum atomic E-state index is -0.445. The zero-order valence-corrected chi connectivity index (χ0v) is 14.1. The summed E-state index contributed by atoms with van der Waals surface area (Å²) in [5, 5.41) is 13.7. The van der Waals surface area contributed by atoms with E-state index in [-0.39, 0.29) is 5.91 Å². The van der Waals surface area contributed by atoms with Gasteiger partial charge in [0.05, 0.1) is 7.11 Å². The minimum Gasteiger partial charge on any atom is -0.497 e. The van der Waals surface area contributed by atoms with Gasteiger partial charge in [0.15, 0.2) is 0 Å². The van der Waals surface area contributed by atoms with Gasteiger partial charge in [-0.3, -0.25) is 10.1 Å². The van der Waals surface area contributed by atoms with Crippen LogP contribution >= 0.6 is 0 Å². The Morgan fingerprint density at radius 3 is 2.60 bits per heavy atom. The fourth-order valence-corrected chi connectivity index (χ4v) is 2.60. The molecule has 0 aliphatic heterocycles. The third-order valence-corrected chi connectivity index (χ3v) is 4.20. The molecule has 1 unspecified atom stereocenters. The van der Waals surface area contributed by atoms with Gasteiger partial charge in [0.25, 0.3) is 0 Å². The second-order valence-corrected chi connectivity index (χ2v) is 6.12. The van der Waals surface area contributed by atoms with Gasteiger partial charge in [-0.2, -0.15) is 0 Å². The summed E-state index contributed by atoms with van der Waals surface area (Å²) in [5.74, 6) is 0.612. The fraction of sp³-hybridized carbons (Fsp3) is 0.263. The van der Waals surface area contributed by atoms with Crippen molar-refractivity contribution in [3.8, 4) is 5.75 Å². The monoisotopic (exact) mass is 338 g/mol. The molecule has 1 aliphatic carbocycles. The van der Waals surface area contributed by atoms with Crippen LogP contribution in [-0.4, -0.2) is 25.3 Å². The van der Waals surface area contributed by atoms with Gasteiger partial charge in [-0.1, -0.05) is 12.1 Å². The van der Waals surface area contributed by atoms with E-state index in [1.807, 2.05) is 24.3 Å². The van der Waals surface area contributed by atoms with Gasteiger partial charge in [0.1, 0.15) is 11.8 Å². The molecule has 0 bridgehead atoms. The Labute approximate surface area is 146 Å². The molecule has 2 aromatic carbocycles. The lowest BCUT2D eigenvalue weighted by atomic mass is 10.1. The second kappa shape index (κ2) is 7.36. The summed E-state index contributed by atoms with van der Waals surface area (Å²) in [7, 11) is 1.61. The highest BCUT2D eigenvalue weighted by Gasteiger charge is 2.29. The Morgan fingerprint density at radius 1 is 1.28 bits per heavy atom. The second-order valence-electron chi connectivity index (χ2n) is 6.12. The number of methoxy groups -OCH3 is 1.